The van der Waals surface area contributed by atoms with Crippen LogP contribution in [0.3, 0.4) is 0 Å². The van der Waals surface area contributed by atoms with E-state index in [2.05, 4.69) is 5.32 Å². The first-order valence-corrected chi connectivity index (χ1v) is 6.22. The molecule has 2 rings (SSSR count). The van der Waals surface area contributed by atoms with Crippen LogP contribution in [0, 0.1) is 5.41 Å². The Morgan fingerprint density at radius 2 is 2.06 bits per heavy atom. The maximum atomic E-state index is 11.8. The standard InChI is InChI=1S/C14H19NO3/c1-18-12-4-2-11(3-5-12)6-9-15-13(17)14(10-16)7-8-14/h2-5,16H,6-10H2,1H3,(H,15,17). The molecule has 0 aromatic heterocycles. The van der Waals surface area contributed by atoms with Gasteiger partial charge in [-0.25, -0.2) is 0 Å². The SMILES string of the molecule is COc1ccc(CCNC(=O)C2(CO)CC2)cc1. The van der Waals surface area contributed by atoms with Crippen molar-refractivity contribution in [1.29, 1.82) is 0 Å². The Balaban J connectivity index is 1.76. The van der Waals surface area contributed by atoms with E-state index in [4.69, 9.17) is 9.84 Å². The van der Waals surface area contributed by atoms with Gasteiger partial charge >= 0.3 is 0 Å². The van der Waals surface area contributed by atoms with Crippen LogP contribution in [-0.2, 0) is 11.2 Å². The van der Waals surface area contributed by atoms with Crippen molar-refractivity contribution in [2.24, 2.45) is 5.41 Å². The average Bonchev–Trinajstić information content (AvgIpc) is 3.20. The predicted molar refractivity (Wildman–Crippen MR) is 68.5 cm³/mol. The minimum atomic E-state index is -0.472. The second-order valence-electron chi connectivity index (χ2n) is 4.79. The molecule has 0 spiro atoms. The molecule has 1 aromatic carbocycles. The van der Waals surface area contributed by atoms with Crippen LogP contribution in [0.5, 0.6) is 5.75 Å². The molecule has 4 nitrogen and oxygen atoms in total. The maximum Gasteiger partial charge on any atom is 0.228 e. The van der Waals surface area contributed by atoms with E-state index in [9.17, 15) is 4.79 Å². The number of aliphatic hydroxyl groups excluding tert-OH is 1. The molecular formula is C14H19NO3. The van der Waals surface area contributed by atoms with Crippen LogP contribution in [0.4, 0.5) is 0 Å². The van der Waals surface area contributed by atoms with Gasteiger partial charge in [0.1, 0.15) is 5.75 Å². The van der Waals surface area contributed by atoms with E-state index in [0.29, 0.717) is 6.54 Å². The molecule has 1 aromatic rings. The van der Waals surface area contributed by atoms with Gasteiger partial charge in [0.25, 0.3) is 0 Å². The van der Waals surface area contributed by atoms with Crippen molar-refractivity contribution in [1.82, 2.24) is 5.32 Å². The molecule has 1 fully saturated rings. The Hall–Kier alpha value is -1.55. The van der Waals surface area contributed by atoms with Crippen molar-refractivity contribution in [2.45, 2.75) is 19.3 Å². The Kier molecular flexibility index (Phi) is 3.87. The predicted octanol–water partition coefficient (Wildman–Crippen LogP) is 1.13. The monoisotopic (exact) mass is 249 g/mol. The van der Waals surface area contributed by atoms with E-state index in [1.54, 1.807) is 7.11 Å². The molecule has 0 radical (unpaired) electrons. The molecule has 0 saturated heterocycles. The first-order chi connectivity index (χ1) is 8.70. The topological polar surface area (TPSA) is 58.6 Å². The number of rotatable bonds is 6. The second-order valence-corrected chi connectivity index (χ2v) is 4.79. The second kappa shape index (κ2) is 5.40. The van der Waals surface area contributed by atoms with Gasteiger partial charge in [-0.2, -0.15) is 0 Å². The number of methoxy groups -OCH3 is 1. The maximum absolute atomic E-state index is 11.8. The summed E-state index contributed by atoms with van der Waals surface area (Å²) in [4.78, 5) is 11.8. The zero-order valence-electron chi connectivity index (χ0n) is 10.6. The molecule has 98 valence electrons. The van der Waals surface area contributed by atoms with Gasteiger partial charge in [0, 0.05) is 6.54 Å². The van der Waals surface area contributed by atoms with Crippen LogP contribution < -0.4 is 10.1 Å². The van der Waals surface area contributed by atoms with Crippen molar-refractivity contribution in [3.63, 3.8) is 0 Å². The molecule has 2 N–H and O–H groups in total. The summed E-state index contributed by atoms with van der Waals surface area (Å²) in [7, 11) is 1.64. The van der Waals surface area contributed by atoms with Crippen molar-refractivity contribution in [2.75, 3.05) is 20.3 Å². The van der Waals surface area contributed by atoms with Crippen LogP contribution in [0.1, 0.15) is 18.4 Å². The molecule has 4 heteroatoms. The zero-order chi connectivity index (χ0) is 13.0. The lowest BCUT2D eigenvalue weighted by Crippen LogP contribution is -2.35. The van der Waals surface area contributed by atoms with Crippen LogP contribution in [0.15, 0.2) is 24.3 Å². The number of nitrogens with one attached hydrogen (secondary N) is 1. The van der Waals surface area contributed by atoms with E-state index < -0.39 is 5.41 Å². The number of carbonyl (C=O) groups excluding carboxylic acids is 1. The molecule has 0 unspecified atom stereocenters. The van der Waals surface area contributed by atoms with E-state index in [0.717, 1.165) is 30.6 Å². The molecule has 1 amide bonds. The lowest BCUT2D eigenvalue weighted by Gasteiger charge is -2.12. The van der Waals surface area contributed by atoms with E-state index in [-0.39, 0.29) is 12.5 Å². The highest BCUT2D eigenvalue weighted by Gasteiger charge is 2.49. The Morgan fingerprint density at radius 3 is 2.56 bits per heavy atom. The van der Waals surface area contributed by atoms with Crippen molar-refractivity contribution in [3.05, 3.63) is 29.8 Å². The fraction of sp³-hybridized carbons (Fsp3) is 0.500. The van der Waals surface area contributed by atoms with Gasteiger partial charge in [0.15, 0.2) is 0 Å². The summed E-state index contributed by atoms with van der Waals surface area (Å²) in [6.07, 6.45) is 2.40. The summed E-state index contributed by atoms with van der Waals surface area (Å²) >= 11 is 0. The fourth-order valence-electron chi connectivity index (χ4n) is 1.91. The van der Waals surface area contributed by atoms with E-state index in [1.807, 2.05) is 24.3 Å². The minimum absolute atomic E-state index is 0.0153. The largest absolute Gasteiger partial charge is 0.497 e. The molecular weight excluding hydrogens is 230 g/mol. The molecule has 1 aliphatic rings. The quantitative estimate of drug-likeness (QED) is 0.794. The number of amides is 1. The minimum Gasteiger partial charge on any atom is -0.497 e. The summed E-state index contributed by atoms with van der Waals surface area (Å²) in [6.45, 7) is 0.564. The van der Waals surface area contributed by atoms with Gasteiger partial charge in [0.2, 0.25) is 5.91 Å². The fourth-order valence-corrected chi connectivity index (χ4v) is 1.91. The number of aliphatic hydroxyl groups is 1. The smallest absolute Gasteiger partial charge is 0.228 e. The summed E-state index contributed by atoms with van der Waals surface area (Å²) in [5.41, 5.74) is 0.685. The highest BCUT2D eigenvalue weighted by atomic mass is 16.5. The third-order valence-corrected chi connectivity index (χ3v) is 3.50. The lowest BCUT2D eigenvalue weighted by molar-refractivity contribution is -0.127. The van der Waals surface area contributed by atoms with Gasteiger partial charge < -0.3 is 15.2 Å². The third kappa shape index (κ3) is 2.82. The Labute approximate surface area is 107 Å². The highest BCUT2D eigenvalue weighted by Crippen LogP contribution is 2.45. The number of hydrogen-bond acceptors (Lipinski definition) is 3. The first-order valence-electron chi connectivity index (χ1n) is 6.22. The molecule has 0 heterocycles. The third-order valence-electron chi connectivity index (χ3n) is 3.50. The number of benzene rings is 1. The lowest BCUT2D eigenvalue weighted by atomic mass is 10.1. The number of carbonyl (C=O) groups is 1. The summed E-state index contributed by atoms with van der Waals surface area (Å²) < 4.78 is 5.08. The zero-order valence-corrected chi connectivity index (χ0v) is 10.6. The van der Waals surface area contributed by atoms with Crippen molar-refractivity contribution < 1.29 is 14.6 Å². The van der Waals surface area contributed by atoms with E-state index >= 15 is 0 Å². The average molecular weight is 249 g/mol. The van der Waals surface area contributed by atoms with E-state index in [1.165, 1.54) is 0 Å². The van der Waals surface area contributed by atoms with Gasteiger partial charge in [0.05, 0.1) is 19.1 Å². The van der Waals surface area contributed by atoms with Gasteiger partial charge in [-0.15, -0.1) is 0 Å². The molecule has 1 aliphatic carbocycles. The van der Waals surface area contributed by atoms with Gasteiger partial charge in [-0.05, 0) is 37.0 Å². The van der Waals surface area contributed by atoms with Crippen LogP contribution in [0.25, 0.3) is 0 Å². The Bertz CT molecular complexity index is 410. The van der Waals surface area contributed by atoms with Gasteiger partial charge in [-0.1, -0.05) is 12.1 Å². The van der Waals surface area contributed by atoms with Crippen LogP contribution >= 0.6 is 0 Å². The van der Waals surface area contributed by atoms with Gasteiger partial charge in [-0.3, -0.25) is 4.79 Å². The van der Waals surface area contributed by atoms with Crippen molar-refractivity contribution >= 4 is 5.91 Å². The molecule has 0 bridgehead atoms. The summed E-state index contributed by atoms with van der Waals surface area (Å²) in [5.74, 6) is 0.818. The molecule has 18 heavy (non-hydrogen) atoms. The van der Waals surface area contributed by atoms with Crippen LogP contribution in [0.2, 0.25) is 0 Å². The van der Waals surface area contributed by atoms with Crippen LogP contribution in [-0.4, -0.2) is 31.3 Å². The van der Waals surface area contributed by atoms with Crippen molar-refractivity contribution in [3.8, 4) is 5.75 Å². The number of ether oxygens (including phenoxy) is 1. The molecule has 0 atom stereocenters. The molecule has 0 aliphatic heterocycles. The summed E-state index contributed by atoms with van der Waals surface area (Å²) in [6, 6.07) is 7.80. The normalized spacial score (nSPS) is 16.1. The summed E-state index contributed by atoms with van der Waals surface area (Å²) in [5, 5.41) is 12.0. The first kappa shape index (κ1) is 12.9. The highest BCUT2D eigenvalue weighted by molar-refractivity contribution is 5.85. The number of hydrogen-bond donors (Lipinski definition) is 2. The Morgan fingerprint density at radius 1 is 1.39 bits per heavy atom. The molecule has 1 saturated carbocycles.